The van der Waals surface area contributed by atoms with Crippen LogP contribution in [-0.2, 0) is 0 Å². The molecule has 0 spiro atoms. The van der Waals surface area contributed by atoms with Gasteiger partial charge in [-0.2, -0.15) is 0 Å². The van der Waals surface area contributed by atoms with Crippen molar-refractivity contribution in [3.63, 3.8) is 0 Å². The minimum atomic E-state index is -0.106. The van der Waals surface area contributed by atoms with E-state index in [0.717, 1.165) is 17.0 Å². The maximum atomic E-state index is 12.3. The van der Waals surface area contributed by atoms with E-state index in [-0.39, 0.29) is 6.03 Å². The van der Waals surface area contributed by atoms with E-state index in [1.54, 1.807) is 4.90 Å². The molecule has 2 rings (SSSR count). The van der Waals surface area contributed by atoms with Gasteiger partial charge >= 0.3 is 6.03 Å². The SMILES string of the molecule is CCN(C(=O)NCCOc1ccc(C)cc1)c1cccc(C)c1. The molecule has 0 fully saturated rings. The predicted octanol–water partition coefficient (Wildman–Crippen LogP) is 3.92. The Labute approximate surface area is 138 Å². The first-order valence-electron chi connectivity index (χ1n) is 7.91. The van der Waals surface area contributed by atoms with E-state index >= 15 is 0 Å². The molecule has 0 aliphatic rings. The molecule has 23 heavy (non-hydrogen) atoms. The molecule has 0 aliphatic carbocycles. The summed E-state index contributed by atoms with van der Waals surface area (Å²) < 4.78 is 5.62. The van der Waals surface area contributed by atoms with Crippen molar-refractivity contribution in [2.45, 2.75) is 20.8 Å². The first-order valence-corrected chi connectivity index (χ1v) is 7.91. The molecule has 0 aromatic heterocycles. The van der Waals surface area contributed by atoms with Crippen LogP contribution in [0.15, 0.2) is 48.5 Å². The van der Waals surface area contributed by atoms with E-state index < -0.39 is 0 Å². The summed E-state index contributed by atoms with van der Waals surface area (Å²) >= 11 is 0. The summed E-state index contributed by atoms with van der Waals surface area (Å²) in [5.74, 6) is 0.816. The Morgan fingerprint density at radius 2 is 1.83 bits per heavy atom. The summed E-state index contributed by atoms with van der Waals surface area (Å²) in [7, 11) is 0. The Morgan fingerprint density at radius 1 is 1.09 bits per heavy atom. The summed E-state index contributed by atoms with van der Waals surface area (Å²) in [6.45, 7) is 7.55. The molecule has 2 amide bonds. The Bertz CT molecular complexity index is 638. The van der Waals surface area contributed by atoms with E-state index in [1.165, 1.54) is 5.56 Å². The zero-order valence-electron chi connectivity index (χ0n) is 14.0. The Balaban J connectivity index is 1.82. The smallest absolute Gasteiger partial charge is 0.321 e. The number of carbonyl (C=O) groups excluding carboxylic acids is 1. The Hall–Kier alpha value is -2.49. The lowest BCUT2D eigenvalue weighted by atomic mass is 10.2. The second-order valence-electron chi connectivity index (χ2n) is 5.48. The standard InChI is InChI=1S/C19H24N2O2/c1-4-21(17-7-5-6-16(3)14-17)19(22)20-12-13-23-18-10-8-15(2)9-11-18/h5-11,14H,4,12-13H2,1-3H3,(H,20,22). The third-order valence-corrected chi connectivity index (χ3v) is 3.54. The van der Waals surface area contributed by atoms with Gasteiger partial charge in [-0.15, -0.1) is 0 Å². The quantitative estimate of drug-likeness (QED) is 0.821. The third kappa shape index (κ3) is 5.02. The average molecular weight is 312 g/mol. The van der Waals surface area contributed by atoms with Crippen molar-refractivity contribution >= 4 is 11.7 Å². The van der Waals surface area contributed by atoms with Crippen molar-refractivity contribution in [1.82, 2.24) is 5.32 Å². The van der Waals surface area contributed by atoms with Crippen LogP contribution < -0.4 is 15.0 Å². The highest BCUT2D eigenvalue weighted by Crippen LogP contribution is 2.15. The monoisotopic (exact) mass is 312 g/mol. The van der Waals surface area contributed by atoms with Crippen LogP contribution in [0.25, 0.3) is 0 Å². The van der Waals surface area contributed by atoms with Gasteiger partial charge in [0.05, 0.1) is 6.54 Å². The van der Waals surface area contributed by atoms with Gasteiger partial charge in [0.15, 0.2) is 0 Å². The van der Waals surface area contributed by atoms with Crippen LogP contribution in [-0.4, -0.2) is 25.7 Å². The first-order chi connectivity index (χ1) is 11.1. The second kappa shape index (κ2) is 8.22. The van der Waals surface area contributed by atoms with Gasteiger partial charge in [0.1, 0.15) is 12.4 Å². The zero-order chi connectivity index (χ0) is 16.7. The predicted molar refractivity (Wildman–Crippen MR) is 94.3 cm³/mol. The lowest BCUT2D eigenvalue weighted by Crippen LogP contribution is -2.41. The number of amides is 2. The molecule has 0 unspecified atom stereocenters. The van der Waals surface area contributed by atoms with E-state index in [0.29, 0.717) is 19.7 Å². The van der Waals surface area contributed by atoms with E-state index in [9.17, 15) is 4.79 Å². The largest absolute Gasteiger partial charge is 0.492 e. The van der Waals surface area contributed by atoms with Crippen molar-refractivity contribution in [3.05, 3.63) is 59.7 Å². The van der Waals surface area contributed by atoms with Crippen molar-refractivity contribution in [1.29, 1.82) is 0 Å². The molecule has 0 aliphatic heterocycles. The normalized spacial score (nSPS) is 10.2. The average Bonchev–Trinajstić information content (AvgIpc) is 2.54. The number of carbonyl (C=O) groups is 1. The highest BCUT2D eigenvalue weighted by molar-refractivity contribution is 5.91. The van der Waals surface area contributed by atoms with Gasteiger partial charge in [-0.3, -0.25) is 4.90 Å². The molecular weight excluding hydrogens is 288 g/mol. The van der Waals surface area contributed by atoms with E-state index in [4.69, 9.17) is 4.74 Å². The number of hydrogen-bond donors (Lipinski definition) is 1. The summed E-state index contributed by atoms with van der Waals surface area (Å²) in [4.78, 5) is 14.0. The number of anilines is 1. The lowest BCUT2D eigenvalue weighted by molar-refractivity contribution is 0.242. The minimum absolute atomic E-state index is 0.106. The molecule has 0 atom stereocenters. The molecular formula is C19H24N2O2. The number of benzene rings is 2. The van der Waals surface area contributed by atoms with E-state index in [2.05, 4.69) is 5.32 Å². The van der Waals surface area contributed by atoms with Gasteiger partial charge in [0, 0.05) is 12.2 Å². The van der Waals surface area contributed by atoms with Crippen molar-refractivity contribution < 1.29 is 9.53 Å². The van der Waals surface area contributed by atoms with Crippen molar-refractivity contribution in [2.24, 2.45) is 0 Å². The van der Waals surface area contributed by atoms with Gasteiger partial charge in [-0.05, 0) is 50.6 Å². The minimum Gasteiger partial charge on any atom is -0.492 e. The summed E-state index contributed by atoms with van der Waals surface area (Å²) in [6.07, 6.45) is 0. The van der Waals surface area contributed by atoms with Gasteiger partial charge in [-0.25, -0.2) is 4.79 Å². The molecule has 2 aromatic rings. The van der Waals surface area contributed by atoms with Gasteiger partial charge in [-0.1, -0.05) is 29.8 Å². The molecule has 0 heterocycles. The molecule has 4 nitrogen and oxygen atoms in total. The Kier molecular flexibility index (Phi) is 6.03. The third-order valence-electron chi connectivity index (χ3n) is 3.54. The number of nitrogens with one attached hydrogen (secondary N) is 1. The van der Waals surface area contributed by atoms with Crippen LogP contribution in [0.1, 0.15) is 18.1 Å². The van der Waals surface area contributed by atoms with Crippen LogP contribution in [0.2, 0.25) is 0 Å². The Morgan fingerprint density at radius 3 is 2.48 bits per heavy atom. The summed E-state index contributed by atoms with van der Waals surface area (Å²) in [5, 5.41) is 2.90. The van der Waals surface area contributed by atoms with Gasteiger partial charge < -0.3 is 10.1 Å². The van der Waals surface area contributed by atoms with Crippen LogP contribution >= 0.6 is 0 Å². The van der Waals surface area contributed by atoms with Gasteiger partial charge in [0.25, 0.3) is 0 Å². The van der Waals surface area contributed by atoms with Crippen molar-refractivity contribution in [2.75, 3.05) is 24.6 Å². The fourth-order valence-electron chi connectivity index (χ4n) is 2.30. The van der Waals surface area contributed by atoms with Crippen molar-refractivity contribution in [3.8, 4) is 5.75 Å². The molecule has 0 saturated carbocycles. The number of urea groups is 1. The topological polar surface area (TPSA) is 41.6 Å². The molecule has 0 radical (unpaired) electrons. The number of aryl methyl sites for hydroxylation is 2. The number of rotatable bonds is 6. The number of nitrogens with zero attached hydrogens (tertiary/aromatic N) is 1. The molecule has 0 bridgehead atoms. The van der Waals surface area contributed by atoms with E-state index in [1.807, 2.05) is 69.3 Å². The van der Waals surface area contributed by atoms with Crippen LogP contribution in [0.4, 0.5) is 10.5 Å². The maximum Gasteiger partial charge on any atom is 0.321 e. The molecule has 4 heteroatoms. The molecule has 0 saturated heterocycles. The first kappa shape index (κ1) is 16.9. The molecule has 1 N–H and O–H groups in total. The van der Waals surface area contributed by atoms with Crippen LogP contribution in [0.5, 0.6) is 5.75 Å². The summed E-state index contributed by atoms with van der Waals surface area (Å²) in [5.41, 5.74) is 3.24. The summed E-state index contributed by atoms with van der Waals surface area (Å²) in [6, 6.07) is 15.7. The lowest BCUT2D eigenvalue weighted by Gasteiger charge is -2.22. The highest BCUT2D eigenvalue weighted by atomic mass is 16.5. The fraction of sp³-hybridized carbons (Fsp3) is 0.316. The fourth-order valence-corrected chi connectivity index (χ4v) is 2.30. The number of ether oxygens (including phenoxy) is 1. The second-order valence-corrected chi connectivity index (χ2v) is 5.48. The van der Waals surface area contributed by atoms with Crippen LogP contribution in [0.3, 0.4) is 0 Å². The molecule has 122 valence electrons. The zero-order valence-corrected chi connectivity index (χ0v) is 14.0. The highest BCUT2D eigenvalue weighted by Gasteiger charge is 2.13. The molecule has 2 aromatic carbocycles. The van der Waals surface area contributed by atoms with Gasteiger partial charge in [0.2, 0.25) is 0 Å². The number of hydrogen-bond acceptors (Lipinski definition) is 2. The maximum absolute atomic E-state index is 12.3. The van der Waals surface area contributed by atoms with Crippen LogP contribution in [0, 0.1) is 13.8 Å².